The maximum Gasteiger partial charge on any atom is 0.497 e. The fourth-order valence-corrected chi connectivity index (χ4v) is 3.26. The van der Waals surface area contributed by atoms with Gasteiger partial charge in [0.1, 0.15) is 0 Å². The van der Waals surface area contributed by atoms with Gasteiger partial charge in [-0.2, -0.15) is 13.2 Å². The highest BCUT2D eigenvalue weighted by Gasteiger charge is 2.45. The molecule has 0 saturated carbocycles. The lowest BCUT2D eigenvalue weighted by Crippen LogP contribution is -2.54. The minimum Gasteiger partial charge on any atom is -0.380 e. The Hall–Kier alpha value is -0.380. The Morgan fingerprint density at radius 3 is 2.41 bits per heavy atom. The van der Waals surface area contributed by atoms with Crippen molar-refractivity contribution in [1.82, 2.24) is 9.80 Å². The summed E-state index contributed by atoms with van der Waals surface area (Å²) in [5.74, 6) is -0.869. The van der Waals surface area contributed by atoms with Crippen LogP contribution in [0.15, 0.2) is 0 Å². The van der Waals surface area contributed by atoms with E-state index in [2.05, 4.69) is 4.90 Å². The van der Waals surface area contributed by atoms with E-state index < -0.39 is 21.1 Å². The molecular weight excluding hydrogens is 321 g/mol. The van der Waals surface area contributed by atoms with E-state index >= 15 is 0 Å². The number of ether oxygens (including phenoxy) is 1. The van der Waals surface area contributed by atoms with Gasteiger partial charge in [0.25, 0.3) is 0 Å². The molecule has 0 radical (unpaired) electrons. The quantitative estimate of drug-likeness (QED) is 0.621. The molecule has 0 bridgehead atoms. The molecule has 1 rings (SSSR count). The number of halogens is 3. The van der Waals surface area contributed by atoms with Crippen LogP contribution in [0.3, 0.4) is 0 Å². The van der Waals surface area contributed by atoms with Crippen LogP contribution < -0.4 is 0 Å². The van der Waals surface area contributed by atoms with Gasteiger partial charge in [0.15, 0.2) is 0 Å². The van der Waals surface area contributed by atoms with Gasteiger partial charge in [0.2, 0.25) is 9.84 Å². The van der Waals surface area contributed by atoms with Crippen LogP contribution in [0.5, 0.6) is 0 Å². The minimum atomic E-state index is -5.16. The van der Waals surface area contributed by atoms with Crippen molar-refractivity contribution in [1.29, 1.82) is 0 Å². The van der Waals surface area contributed by atoms with Crippen molar-refractivity contribution in [2.45, 2.75) is 31.8 Å². The van der Waals surface area contributed by atoms with E-state index in [9.17, 15) is 21.6 Å². The van der Waals surface area contributed by atoms with Crippen LogP contribution in [-0.4, -0.2) is 81.5 Å². The van der Waals surface area contributed by atoms with Gasteiger partial charge in [-0.25, -0.2) is 8.42 Å². The number of hydrogen-bond donors (Lipinski definition) is 0. The van der Waals surface area contributed by atoms with Crippen LogP contribution in [0.1, 0.15) is 20.3 Å². The van der Waals surface area contributed by atoms with Gasteiger partial charge in [-0.3, -0.25) is 9.80 Å². The largest absolute Gasteiger partial charge is 0.497 e. The maximum absolute atomic E-state index is 12.3. The van der Waals surface area contributed by atoms with Crippen LogP contribution >= 0.6 is 0 Å². The first-order valence-corrected chi connectivity index (χ1v) is 9.19. The van der Waals surface area contributed by atoms with Crippen LogP contribution in [-0.2, 0) is 14.6 Å². The maximum atomic E-state index is 12.3. The molecule has 1 heterocycles. The number of hydrogen-bond acceptors (Lipinski definition) is 5. The molecule has 1 atom stereocenters. The van der Waals surface area contributed by atoms with E-state index in [-0.39, 0.29) is 12.6 Å². The van der Waals surface area contributed by atoms with E-state index in [4.69, 9.17) is 4.74 Å². The molecule has 9 heteroatoms. The first kappa shape index (κ1) is 19.7. The average molecular weight is 346 g/mol. The van der Waals surface area contributed by atoms with Crippen molar-refractivity contribution in [3.63, 3.8) is 0 Å². The van der Waals surface area contributed by atoms with Gasteiger partial charge >= 0.3 is 5.51 Å². The van der Waals surface area contributed by atoms with E-state index in [1.54, 1.807) is 4.90 Å². The number of nitrogens with zero attached hydrogens (tertiary/aromatic N) is 2. The summed E-state index contributed by atoms with van der Waals surface area (Å²) < 4.78 is 64.5. The molecule has 0 aromatic heterocycles. The molecular formula is C13H25F3N2O3S. The van der Waals surface area contributed by atoms with Gasteiger partial charge < -0.3 is 4.74 Å². The lowest BCUT2D eigenvalue weighted by molar-refractivity contribution is -0.0438. The molecule has 0 aromatic rings. The SMILES string of the molecule is CCOCCN1CCN(CCS(=O)(=O)C(F)(F)F)C[C@@H]1CC. The lowest BCUT2D eigenvalue weighted by atomic mass is 10.1. The third kappa shape index (κ3) is 5.68. The zero-order valence-corrected chi connectivity index (χ0v) is 13.9. The molecule has 0 unspecified atom stereocenters. The molecule has 0 N–H and O–H groups in total. The van der Waals surface area contributed by atoms with Gasteiger partial charge in [0.05, 0.1) is 12.4 Å². The zero-order valence-electron chi connectivity index (χ0n) is 13.1. The van der Waals surface area contributed by atoms with Crippen LogP contribution in [0.4, 0.5) is 13.2 Å². The molecule has 0 aliphatic carbocycles. The average Bonchev–Trinajstić information content (AvgIpc) is 2.45. The summed E-state index contributed by atoms with van der Waals surface area (Å²) in [6, 6.07) is 0.225. The highest BCUT2D eigenvalue weighted by atomic mass is 32.2. The Morgan fingerprint density at radius 1 is 1.18 bits per heavy atom. The molecule has 1 aliphatic heterocycles. The normalized spacial score (nSPS) is 22.1. The number of sulfone groups is 1. The van der Waals surface area contributed by atoms with Crippen molar-refractivity contribution in [2.24, 2.45) is 0 Å². The van der Waals surface area contributed by atoms with E-state index in [1.807, 2.05) is 13.8 Å². The summed E-state index contributed by atoms with van der Waals surface area (Å²) >= 11 is 0. The molecule has 0 aromatic carbocycles. The fraction of sp³-hybridized carbons (Fsp3) is 1.00. The molecule has 0 amide bonds. The number of alkyl halides is 3. The summed E-state index contributed by atoms with van der Waals surface area (Å²) in [7, 11) is -5.03. The summed E-state index contributed by atoms with van der Waals surface area (Å²) in [4.78, 5) is 4.05. The molecule has 22 heavy (non-hydrogen) atoms. The predicted octanol–water partition coefficient (Wildman–Crippen LogP) is 1.35. The van der Waals surface area contributed by atoms with Gasteiger partial charge in [-0.1, -0.05) is 6.92 Å². The molecule has 5 nitrogen and oxygen atoms in total. The molecule has 132 valence electrons. The summed E-state index contributed by atoms with van der Waals surface area (Å²) in [6.45, 7) is 7.86. The second-order valence-electron chi connectivity index (χ2n) is 5.36. The van der Waals surface area contributed by atoms with E-state index in [1.165, 1.54) is 0 Å². The Labute approximate surface area is 130 Å². The van der Waals surface area contributed by atoms with Crippen LogP contribution in [0, 0.1) is 0 Å². The first-order chi connectivity index (χ1) is 10.2. The monoisotopic (exact) mass is 346 g/mol. The summed E-state index contributed by atoms with van der Waals surface area (Å²) in [5.41, 5.74) is -5.16. The van der Waals surface area contributed by atoms with Crippen molar-refractivity contribution < 1.29 is 26.3 Å². The molecule has 1 fully saturated rings. The third-order valence-corrected chi connectivity index (χ3v) is 5.34. The summed E-state index contributed by atoms with van der Waals surface area (Å²) in [6.07, 6.45) is 0.870. The smallest absolute Gasteiger partial charge is 0.380 e. The van der Waals surface area contributed by atoms with Crippen LogP contribution in [0.2, 0.25) is 0 Å². The Bertz CT molecular complexity index is 429. The van der Waals surface area contributed by atoms with E-state index in [0.29, 0.717) is 26.3 Å². The van der Waals surface area contributed by atoms with Crippen molar-refractivity contribution in [2.75, 3.05) is 51.7 Å². The minimum absolute atomic E-state index is 0.0718. The Morgan fingerprint density at radius 2 is 1.86 bits per heavy atom. The highest BCUT2D eigenvalue weighted by molar-refractivity contribution is 7.92. The first-order valence-electron chi connectivity index (χ1n) is 7.54. The summed E-state index contributed by atoms with van der Waals surface area (Å²) in [5, 5.41) is 0. The predicted molar refractivity (Wildman–Crippen MR) is 78.4 cm³/mol. The number of piperazine rings is 1. The Balaban J connectivity index is 2.47. The topological polar surface area (TPSA) is 49.9 Å². The molecule has 1 aliphatic rings. The Kier molecular flexibility index (Phi) is 7.57. The van der Waals surface area contributed by atoms with Gasteiger partial charge in [0, 0.05) is 45.4 Å². The highest BCUT2D eigenvalue weighted by Crippen LogP contribution is 2.24. The standard InChI is InChI=1S/C13H25F3N2O3S/c1-3-12-11-17(5-6-18(12)7-9-21-4-2)8-10-22(19,20)13(14,15)16/h12H,3-11H2,1-2H3/t12-/m0/s1. The molecule has 1 saturated heterocycles. The van der Waals surface area contributed by atoms with Crippen molar-refractivity contribution in [3.8, 4) is 0 Å². The second-order valence-corrected chi connectivity index (χ2v) is 7.46. The number of rotatable bonds is 8. The van der Waals surface area contributed by atoms with E-state index in [0.717, 1.165) is 19.5 Å². The van der Waals surface area contributed by atoms with Crippen LogP contribution in [0.25, 0.3) is 0 Å². The lowest BCUT2D eigenvalue weighted by Gasteiger charge is -2.41. The molecule has 0 spiro atoms. The third-order valence-electron chi connectivity index (χ3n) is 3.92. The van der Waals surface area contributed by atoms with Crippen molar-refractivity contribution >= 4 is 9.84 Å². The van der Waals surface area contributed by atoms with Crippen molar-refractivity contribution in [3.05, 3.63) is 0 Å². The second kappa shape index (κ2) is 8.47. The fourth-order valence-electron chi connectivity index (χ4n) is 2.53. The van der Waals surface area contributed by atoms with Gasteiger partial charge in [-0.05, 0) is 13.3 Å². The zero-order chi connectivity index (χ0) is 16.8. The van der Waals surface area contributed by atoms with Gasteiger partial charge in [-0.15, -0.1) is 0 Å².